The zero-order valence-corrected chi connectivity index (χ0v) is 15.3. The lowest BCUT2D eigenvalue weighted by Gasteiger charge is -2.09. The molecular weight excluding hydrogens is 396 g/mol. The molecule has 0 aliphatic carbocycles. The number of hydrogen-bond donors (Lipinski definition) is 1. The van der Waals surface area contributed by atoms with Gasteiger partial charge in [-0.05, 0) is 23.8 Å². The molecule has 0 bridgehead atoms. The van der Waals surface area contributed by atoms with Crippen LogP contribution in [0.3, 0.4) is 0 Å². The minimum atomic E-state index is -0.434. The second-order valence-electron chi connectivity index (χ2n) is 5.25. The van der Waals surface area contributed by atoms with Crippen molar-refractivity contribution in [3.8, 4) is 5.75 Å². The third kappa shape index (κ3) is 4.97. The molecule has 0 aliphatic rings. The maximum Gasteiger partial charge on any atom is 0.291 e. The van der Waals surface area contributed by atoms with Gasteiger partial charge >= 0.3 is 0 Å². The molecule has 3 rings (SSSR count). The molecule has 0 saturated heterocycles. The third-order valence-electron chi connectivity index (χ3n) is 3.37. The number of carbonyl (C=O) groups is 1. The fourth-order valence-electron chi connectivity index (χ4n) is 2.12. The highest BCUT2D eigenvalue weighted by molar-refractivity contribution is 9.10. The molecule has 0 radical (unpaired) electrons. The molecule has 0 spiro atoms. The summed E-state index contributed by atoms with van der Waals surface area (Å²) in [7, 11) is 0. The highest BCUT2D eigenvalue weighted by Crippen LogP contribution is 2.22. The maximum absolute atomic E-state index is 11.9. The first-order valence-corrected chi connectivity index (χ1v) is 8.57. The molecule has 0 fully saturated rings. The molecule has 1 amide bonds. The van der Waals surface area contributed by atoms with Crippen LogP contribution in [0.4, 0.5) is 0 Å². The predicted octanol–water partition coefficient (Wildman–Crippen LogP) is 3.58. The molecule has 0 saturated carbocycles. The van der Waals surface area contributed by atoms with Gasteiger partial charge in [0.2, 0.25) is 0 Å². The number of ether oxygens (including phenoxy) is 1. The van der Waals surface area contributed by atoms with Gasteiger partial charge in [0.15, 0.2) is 0 Å². The van der Waals surface area contributed by atoms with Crippen molar-refractivity contribution in [3.05, 3.63) is 88.4 Å². The van der Waals surface area contributed by atoms with E-state index in [-0.39, 0.29) is 5.69 Å². The molecule has 3 aromatic rings. The van der Waals surface area contributed by atoms with Gasteiger partial charge in [-0.25, -0.2) is 10.4 Å². The van der Waals surface area contributed by atoms with Crippen molar-refractivity contribution in [2.24, 2.45) is 5.10 Å². The van der Waals surface area contributed by atoms with Crippen LogP contribution in [0.5, 0.6) is 5.75 Å². The fourth-order valence-corrected chi connectivity index (χ4v) is 2.50. The smallest absolute Gasteiger partial charge is 0.291 e. The van der Waals surface area contributed by atoms with Crippen LogP contribution in [0.1, 0.15) is 21.6 Å². The van der Waals surface area contributed by atoms with Crippen LogP contribution < -0.4 is 10.2 Å². The van der Waals surface area contributed by atoms with Crippen molar-refractivity contribution in [3.63, 3.8) is 0 Å². The summed E-state index contributed by atoms with van der Waals surface area (Å²) in [6.45, 7) is 0.440. The highest BCUT2D eigenvalue weighted by Gasteiger charge is 2.06. The van der Waals surface area contributed by atoms with E-state index >= 15 is 0 Å². The number of benzene rings is 2. The Morgan fingerprint density at radius 2 is 2.04 bits per heavy atom. The van der Waals surface area contributed by atoms with Crippen LogP contribution in [0.2, 0.25) is 0 Å². The number of hydrogen-bond acceptors (Lipinski definition) is 5. The molecule has 1 N–H and O–H groups in total. The van der Waals surface area contributed by atoms with Gasteiger partial charge in [-0.1, -0.05) is 46.3 Å². The van der Waals surface area contributed by atoms with Crippen LogP contribution >= 0.6 is 15.9 Å². The van der Waals surface area contributed by atoms with Gasteiger partial charge < -0.3 is 4.74 Å². The number of rotatable bonds is 6. The summed E-state index contributed by atoms with van der Waals surface area (Å²) < 4.78 is 6.75. The van der Waals surface area contributed by atoms with Crippen LogP contribution in [-0.2, 0) is 6.61 Å². The summed E-state index contributed by atoms with van der Waals surface area (Å²) in [6.07, 6.45) is 5.85. The predicted molar refractivity (Wildman–Crippen MR) is 102 cm³/mol. The normalized spacial score (nSPS) is 10.7. The van der Waals surface area contributed by atoms with Crippen LogP contribution in [0.25, 0.3) is 0 Å². The zero-order valence-electron chi connectivity index (χ0n) is 13.7. The molecule has 1 heterocycles. The summed E-state index contributed by atoms with van der Waals surface area (Å²) in [5.74, 6) is 0.227. The van der Waals surface area contributed by atoms with Crippen LogP contribution in [-0.4, -0.2) is 22.1 Å². The Hall–Kier alpha value is -3.06. The lowest BCUT2D eigenvalue weighted by atomic mass is 10.2. The standard InChI is InChI=1S/C19H15BrN4O2/c20-16-6-7-18(26-13-14-4-2-1-3-5-14)15(10-16)11-23-24-19(25)17-12-21-8-9-22-17/h1-12H,13H2,(H,24,25). The minimum Gasteiger partial charge on any atom is -0.488 e. The van der Waals surface area contributed by atoms with Crippen molar-refractivity contribution in [2.45, 2.75) is 6.61 Å². The Morgan fingerprint density at radius 3 is 2.81 bits per heavy atom. The first-order chi connectivity index (χ1) is 12.7. The van der Waals surface area contributed by atoms with E-state index < -0.39 is 5.91 Å². The second kappa shape index (κ2) is 8.87. The number of hydrazone groups is 1. The molecule has 1 aromatic heterocycles. The Labute approximate surface area is 159 Å². The van der Waals surface area contributed by atoms with Gasteiger partial charge in [0.1, 0.15) is 18.1 Å². The molecule has 0 atom stereocenters. The van der Waals surface area contributed by atoms with Gasteiger partial charge in [0.25, 0.3) is 5.91 Å². The average molecular weight is 411 g/mol. The monoisotopic (exact) mass is 410 g/mol. The van der Waals surface area contributed by atoms with E-state index in [4.69, 9.17) is 4.74 Å². The van der Waals surface area contributed by atoms with Crippen molar-refractivity contribution < 1.29 is 9.53 Å². The van der Waals surface area contributed by atoms with E-state index in [0.717, 1.165) is 15.6 Å². The van der Waals surface area contributed by atoms with Crippen LogP contribution in [0, 0.1) is 0 Å². The number of amides is 1. The summed E-state index contributed by atoms with van der Waals surface area (Å²) in [6, 6.07) is 15.5. The van der Waals surface area contributed by atoms with Gasteiger partial charge in [-0.3, -0.25) is 9.78 Å². The third-order valence-corrected chi connectivity index (χ3v) is 3.87. The molecule has 7 heteroatoms. The molecule has 6 nitrogen and oxygen atoms in total. The largest absolute Gasteiger partial charge is 0.488 e. The number of nitrogens with one attached hydrogen (secondary N) is 1. The van der Waals surface area contributed by atoms with Crippen molar-refractivity contribution in [1.82, 2.24) is 15.4 Å². The second-order valence-corrected chi connectivity index (χ2v) is 6.16. The quantitative estimate of drug-likeness (QED) is 0.497. The highest BCUT2D eigenvalue weighted by atomic mass is 79.9. The molecule has 130 valence electrons. The molecule has 0 unspecified atom stereocenters. The first kappa shape index (κ1) is 17.8. The summed E-state index contributed by atoms with van der Waals surface area (Å²) >= 11 is 3.43. The molecular formula is C19H15BrN4O2. The summed E-state index contributed by atoms with van der Waals surface area (Å²) in [5.41, 5.74) is 4.41. The number of nitrogens with zero attached hydrogens (tertiary/aromatic N) is 3. The Balaban J connectivity index is 1.68. The van der Waals surface area contributed by atoms with Gasteiger partial charge in [-0.15, -0.1) is 0 Å². The average Bonchev–Trinajstić information content (AvgIpc) is 2.69. The number of carbonyl (C=O) groups excluding carboxylic acids is 1. The van der Waals surface area contributed by atoms with E-state index in [2.05, 4.69) is 36.4 Å². The lowest BCUT2D eigenvalue weighted by molar-refractivity contribution is 0.0949. The van der Waals surface area contributed by atoms with E-state index in [9.17, 15) is 4.79 Å². The van der Waals surface area contributed by atoms with Crippen molar-refractivity contribution >= 4 is 28.1 Å². The summed E-state index contributed by atoms with van der Waals surface area (Å²) in [5, 5.41) is 3.98. The van der Waals surface area contributed by atoms with Crippen LogP contribution in [0.15, 0.2) is 76.7 Å². The van der Waals surface area contributed by atoms with Gasteiger partial charge in [0.05, 0.1) is 12.4 Å². The minimum absolute atomic E-state index is 0.194. The van der Waals surface area contributed by atoms with Gasteiger partial charge in [-0.2, -0.15) is 5.10 Å². The van der Waals surface area contributed by atoms with E-state index in [1.807, 2.05) is 48.5 Å². The van der Waals surface area contributed by atoms with Crippen molar-refractivity contribution in [2.75, 3.05) is 0 Å². The number of aromatic nitrogens is 2. The van der Waals surface area contributed by atoms with E-state index in [0.29, 0.717) is 12.4 Å². The van der Waals surface area contributed by atoms with Crippen molar-refractivity contribution in [1.29, 1.82) is 0 Å². The van der Waals surface area contributed by atoms with E-state index in [1.54, 1.807) is 0 Å². The van der Waals surface area contributed by atoms with Gasteiger partial charge in [0, 0.05) is 22.4 Å². The Kier molecular flexibility index (Phi) is 6.05. The lowest BCUT2D eigenvalue weighted by Crippen LogP contribution is -2.19. The Morgan fingerprint density at radius 1 is 1.19 bits per heavy atom. The van der Waals surface area contributed by atoms with E-state index in [1.165, 1.54) is 24.8 Å². The number of halogens is 1. The fraction of sp³-hybridized carbons (Fsp3) is 0.0526. The Bertz CT molecular complexity index is 902. The maximum atomic E-state index is 11.9. The molecule has 2 aromatic carbocycles. The zero-order chi connectivity index (χ0) is 18.2. The topological polar surface area (TPSA) is 76.5 Å². The SMILES string of the molecule is O=C(NN=Cc1cc(Br)ccc1OCc1ccccc1)c1cnccn1. The first-order valence-electron chi connectivity index (χ1n) is 7.78. The summed E-state index contributed by atoms with van der Waals surface area (Å²) in [4.78, 5) is 19.7. The molecule has 0 aliphatic heterocycles. The molecule has 26 heavy (non-hydrogen) atoms.